The molecule has 114 valence electrons. The van der Waals surface area contributed by atoms with E-state index in [4.69, 9.17) is 4.74 Å². The summed E-state index contributed by atoms with van der Waals surface area (Å²) in [6.45, 7) is 2.68. The fourth-order valence-electron chi connectivity index (χ4n) is 2.27. The predicted octanol–water partition coefficient (Wildman–Crippen LogP) is 2.16. The fourth-order valence-corrected chi connectivity index (χ4v) is 2.27. The number of hydrogen-bond acceptors (Lipinski definition) is 4. The minimum absolute atomic E-state index is 0.0400. The van der Waals surface area contributed by atoms with Gasteiger partial charge < -0.3 is 20.1 Å². The van der Waals surface area contributed by atoms with Crippen LogP contribution in [-0.4, -0.2) is 37.9 Å². The lowest BCUT2D eigenvalue weighted by atomic mass is 10.1. The first kappa shape index (κ1) is 15.3. The number of urea groups is 1. The van der Waals surface area contributed by atoms with Crippen LogP contribution in [0.1, 0.15) is 30.1 Å². The van der Waals surface area contributed by atoms with Crippen LogP contribution in [0, 0.1) is 0 Å². The van der Waals surface area contributed by atoms with Gasteiger partial charge in [-0.15, -0.1) is 0 Å². The highest BCUT2D eigenvalue weighted by molar-refractivity contribution is 5.92. The Morgan fingerprint density at radius 2 is 2.05 bits per heavy atom. The molecule has 0 radical (unpaired) electrons. The lowest BCUT2D eigenvalue weighted by Gasteiger charge is -2.20. The third-order valence-electron chi connectivity index (χ3n) is 3.45. The molecule has 2 atom stereocenters. The number of nitrogens with one attached hydrogen (secondary N) is 2. The molecule has 1 heterocycles. The van der Waals surface area contributed by atoms with Crippen molar-refractivity contribution in [2.75, 3.05) is 19.0 Å². The smallest absolute Gasteiger partial charge is 0.337 e. The maximum Gasteiger partial charge on any atom is 0.337 e. The normalized spacial score (nSPS) is 18.9. The molecule has 1 aliphatic rings. The van der Waals surface area contributed by atoms with Gasteiger partial charge in [0, 0.05) is 12.3 Å². The quantitative estimate of drug-likeness (QED) is 0.834. The lowest BCUT2D eigenvalue weighted by molar-refractivity contribution is 0.0600. The second-order valence-corrected chi connectivity index (χ2v) is 5.01. The van der Waals surface area contributed by atoms with Gasteiger partial charge in [0.2, 0.25) is 0 Å². The van der Waals surface area contributed by atoms with Crippen molar-refractivity contribution < 1.29 is 19.1 Å². The van der Waals surface area contributed by atoms with E-state index in [9.17, 15) is 9.59 Å². The number of hydrogen-bond donors (Lipinski definition) is 2. The fraction of sp³-hybridized carbons (Fsp3) is 0.467. The molecule has 2 amide bonds. The molecule has 0 aliphatic carbocycles. The Hall–Kier alpha value is -2.08. The highest BCUT2D eigenvalue weighted by Gasteiger charge is 2.23. The molecule has 6 nitrogen and oxygen atoms in total. The molecule has 1 aromatic rings. The van der Waals surface area contributed by atoms with Crippen molar-refractivity contribution in [3.63, 3.8) is 0 Å². The highest BCUT2D eigenvalue weighted by atomic mass is 16.5. The Labute approximate surface area is 123 Å². The van der Waals surface area contributed by atoms with E-state index in [0.717, 1.165) is 19.4 Å². The zero-order valence-corrected chi connectivity index (χ0v) is 12.2. The van der Waals surface area contributed by atoms with Gasteiger partial charge in [-0.1, -0.05) is 0 Å². The zero-order valence-electron chi connectivity index (χ0n) is 12.2. The number of methoxy groups -OCH3 is 1. The van der Waals surface area contributed by atoms with Crippen molar-refractivity contribution in [2.24, 2.45) is 0 Å². The number of carbonyl (C=O) groups excluding carboxylic acids is 2. The lowest BCUT2D eigenvalue weighted by Crippen LogP contribution is -2.42. The van der Waals surface area contributed by atoms with Crippen molar-refractivity contribution in [1.29, 1.82) is 0 Å². The second-order valence-electron chi connectivity index (χ2n) is 5.01. The van der Waals surface area contributed by atoms with Gasteiger partial charge in [-0.05, 0) is 44.0 Å². The van der Waals surface area contributed by atoms with Gasteiger partial charge in [-0.2, -0.15) is 0 Å². The van der Waals surface area contributed by atoms with Crippen LogP contribution in [-0.2, 0) is 9.47 Å². The molecule has 0 spiro atoms. The van der Waals surface area contributed by atoms with Crippen LogP contribution in [0.5, 0.6) is 0 Å². The molecule has 6 heteroatoms. The van der Waals surface area contributed by atoms with Gasteiger partial charge in [0.05, 0.1) is 24.8 Å². The average Bonchev–Trinajstić information content (AvgIpc) is 3.01. The van der Waals surface area contributed by atoms with Crippen LogP contribution in [0.3, 0.4) is 0 Å². The Morgan fingerprint density at radius 1 is 1.33 bits per heavy atom. The number of anilines is 1. The third kappa shape index (κ3) is 4.19. The maximum atomic E-state index is 11.9. The summed E-state index contributed by atoms with van der Waals surface area (Å²) in [6, 6.07) is 6.19. The van der Waals surface area contributed by atoms with Crippen LogP contribution in [0.15, 0.2) is 24.3 Å². The molecule has 2 rings (SSSR count). The van der Waals surface area contributed by atoms with E-state index >= 15 is 0 Å². The number of amides is 2. The molecular formula is C15H20N2O4. The summed E-state index contributed by atoms with van der Waals surface area (Å²) in [4.78, 5) is 23.2. The molecular weight excluding hydrogens is 272 g/mol. The first-order chi connectivity index (χ1) is 10.1. The van der Waals surface area contributed by atoms with Gasteiger partial charge in [-0.3, -0.25) is 0 Å². The van der Waals surface area contributed by atoms with Gasteiger partial charge >= 0.3 is 12.0 Å². The molecule has 21 heavy (non-hydrogen) atoms. The van der Waals surface area contributed by atoms with E-state index < -0.39 is 5.97 Å². The largest absolute Gasteiger partial charge is 0.465 e. The van der Waals surface area contributed by atoms with Crippen LogP contribution in [0.25, 0.3) is 0 Å². The zero-order chi connectivity index (χ0) is 15.2. The summed E-state index contributed by atoms with van der Waals surface area (Å²) >= 11 is 0. The van der Waals surface area contributed by atoms with E-state index in [1.54, 1.807) is 24.3 Å². The van der Waals surface area contributed by atoms with Crippen LogP contribution >= 0.6 is 0 Å². The third-order valence-corrected chi connectivity index (χ3v) is 3.45. The van der Waals surface area contributed by atoms with Crippen molar-refractivity contribution in [3.8, 4) is 0 Å². The number of carbonyl (C=O) groups is 2. The number of rotatable bonds is 4. The first-order valence-corrected chi connectivity index (χ1v) is 6.97. The van der Waals surface area contributed by atoms with Crippen LogP contribution in [0.2, 0.25) is 0 Å². The standard InChI is InChI=1S/C15H20N2O4/c1-10(13-4-3-9-21-13)16-15(19)17-12-7-5-11(6-8-12)14(18)20-2/h5-8,10,13H,3-4,9H2,1-2H3,(H2,16,17,19)/t10-,13+/m0/s1. The average molecular weight is 292 g/mol. The highest BCUT2D eigenvalue weighted by Crippen LogP contribution is 2.15. The summed E-state index contributed by atoms with van der Waals surface area (Å²) in [5, 5.41) is 5.57. The van der Waals surface area contributed by atoms with Gasteiger partial charge in [0.25, 0.3) is 0 Å². The van der Waals surface area contributed by atoms with E-state index in [1.807, 2.05) is 6.92 Å². The van der Waals surface area contributed by atoms with E-state index in [0.29, 0.717) is 11.3 Å². The van der Waals surface area contributed by atoms with Gasteiger partial charge in [-0.25, -0.2) is 9.59 Å². The first-order valence-electron chi connectivity index (χ1n) is 6.97. The summed E-state index contributed by atoms with van der Waals surface area (Å²) in [6.07, 6.45) is 2.08. The Balaban J connectivity index is 1.85. The summed E-state index contributed by atoms with van der Waals surface area (Å²) in [5.74, 6) is -0.405. The predicted molar refractivity (Wildman–Crippen MR) is 78.4 cm³/mol. The minimum Gasteiger partial charge on any atom is -0.465 e. The molecule has 2 N–H and O–H groups in total. The summed E-state index contributed by atoms with van der Waals surface area (Å²) in [7, 11) is 1.33. The van der Waals surface area contributed by atoms with Crippen molar-refractivity contribution in [2.45, 2.75) is 31.9 Å². The monoisotopic (exact) mass is 292 g/mol. The van der Waals surface area contributed by atoms with Crippen molar-refractivity contribution >= 4 is 17.7 Å². The topological polar surface area (TPSA) is 76.7 Å². The molecule has 0 unspecified atom stereocenters. The molecule has 0 aromatic heterocycles. The van der Waals surface area contributed by atoms with Gasteiger partial charge in [0.1, 0.15) is 0 Å². The number of esters is 1. The van der Waals surface area contributed by atoms with Crippen molar-refractivity contribution in [1.82, 2.24) is 5.32 Å². The molecule has 1 saturated heterocycles. The summed E-state index contributed by atoms with van der Waals surface area (Å²) < 4.78 is 10.1. The molecule has 0 bridgehead atoms. The van der Waals surface area contributed by atoms with Crippen LogP contribution < -0.4 is 10.6 Å². The molecule has 1 fully saturated rings. The SMILES string of the molecule is COC(=O)c1ccc(NC(=O)N[C@@H](C)[C@H]2CCCO2)cc1. The van der Waals surface area contributed by atoms with E-state index in [1.165, 1.54) is 7.11 Å². The van der Waals surface area contributed by atoms with E-state index in [2.05, 4.69) is 15.4 Å². The van der Waals surface area contributed by atoms with Gasteiger partial charge in [0.15, 0.2) is 0 Å². The summed E-state index contributed by atoms with van der Waals surface area (Å²) in [5.41, 5.74) is 1.05. The molecule has 0 saturated carbocycles. The van der Waals surface area contributed by atoms with Crippen molar-refractivity contribution in [3.05, 3.63) is 29.8 Å². The Morgan fingerprint density at radius 3 is 2.62 bits per heavy atom. The maximum absolute atomic E-state index is 11.9. The molecule has 1 aromatic carbocycles. The molecule has 1 aliphatic heterocycles. The van der Waals surface area contributed by atoms with Crippen LogP contribution in [0.4, 0.5) is 10.5 Å². The number of benzene rings is 1. The minimum atomic E-state index is -0.405. The Bertz CT molecular complexity index is 495. The Kier molecular flexibility index (Phi) is 5.16. The number of ether oxygens (including phenoxy) is 2. The second kappa shape index (κ2) is 7.08. The van der Waals surface area contributed by atoms with E-state index in [-0.39, 0.29) is 18.2 Å².